The molecule has 4 rings (SSSR count). The van der Waals surface area contributed by atoms with Crippen LogP contribution in [-0.2, 0) is 0 Å². The van der Waals surface area contributed by atoms with Gasteiger partial charge in [0.1, 0.15) is 10.6 Å². The van der Waals surface area contributed by atoms with E-state index in [2.05, 4.69) is 20.8 Å². The minimum Gasteiger partial charge on any atom is -0.497 e. The van der Waals surface area contributed by atoms with Crippen molar-refractivity contribution in [3.05, 3.63) is 70.6 Å². The van der Waals surface area contributed by atoms with Gasteiger partial charge in [0.15, 0.2) is 5.82 Å². The lowest BCUT2D eigenvalue weighted by Gasteiger charge is -2.05. The summed E-state index contributed by atoms with van der Waals surface area (Å²) in [5, 5.41) is 22.1. The molecule has 2 aromatic carbocycles. The van der Waals surface area contributed by atoms with Crippen molar-refractivity contribution in [3.63, 3.8) is 0 Å². The van der Waals surface area contributed by atoms with Crippen LogP contribution in [0, 0.1) is 11.3 Å². The van der Waals surface area contributed by atoms with E-state index < -0.39 is 0 Å². The van der Waals surface area contributed by atoms with Crippen molar-refractivity contribution in [3.8, 4) is 11.8 Å². The third kappa shape index (κ3) is 3.85. The van der Waals surface area contributed by atoms with Gasteiger partial charge in [0.05, 0.1) is 29.0 Å². The van der Waals surface area contributed by atoms with Crippen LogP contribution >= 0.6 is 11.3 Å². The van der Waals surface area contributed by atoms with E-state index in [9.17, 15) is 9.59 Å². The van der Waals surface area contributed by atoms with E-state index in [0.717, 1.165) is 0 Å². The third-order valence-corrected chi connectivity index (χ3v) is 5.33. The predicted octanol–water partition coefficient (Wildman–Crippen LogP) is 4.01. The van der Waals surface area contributed by atoms with Crippen molar-refractivity contribution in [2.45, 2.75) is 0 Å². The number of hydrogen-bond donors (Lipinski definition) is 3. The zero-order chi connectivity index (χ0) is 21.1. The minimum absolute atomic E-state index is 0.315. The SMILES string of the molecule is COc1cccc(C(=O)Nc2n[nH]c3sc(C(=O)Nc4cccc(C#N)c4)cc23)c1. The molecule has 2 aromatic heterocycles. The van der Waals surface area contributed by atoms with Gasteiger partial charge in [-0.15, -0.1) is 11.3 Å². The van der Waals surface area contributed by atoms with Gasteiger partial charge in [0, 0.05) is 11.3 Å². The highest BCUT2D eigenvalue weighted by molar-refractivity contribution is 7.20. The Morgan fingerprint density at radius 3 is 2.73 bits per heavy atom. The number of amides is 2. The summed E-state index contributed by atoms with van der Waals surface area (Å²) >= 11 is 1.22. The lowest BCUT2D eigenvalue weighted by molar-refractivity contribution is 0.102. The molecule has 3 N–H and O–H groups in total. The second-order valence-electron chi connectivity index (χ2n) is 6.26. The van der Waals surface area contributed by atoms with Gasteiger partial charge in [-0.2, -0.15) is 10.4 Å². The summed E-state index contributed by atoms with van der Waals surface area (Å²) in [4.78, 5) is 26.2. The fraction of sp³-hybridized carbons (Fsp3) is 0.0476. The number of thiophene rings is 1. The molecule has 0 aliphatic carbocycles. The highest BCUT2D eigenvalue weighted by Gasteiger charge is 2.17. The van der Waals surface area contributed by atoms with Crippen molar-refractivity contribution in [1.82, 2.24) is 10.2 Å². The Bertz CT molecular complexity index is 1300. The number of carbonyl (C=O) groups is 2. The molecule has 0 bridgehead atoms. The van der Waals surface area contributed by atoms with Gasteiger partial charge in [-0.05, 0) is 42.5 Å². The molecule has 0 fully saturated rings. The lowest BCUT2D eigenvalue weighted by atomic mass is 10.2. The number of aromatic amines is 1. The molecular formula is C21H15N5O3S. The molecule has 148 valence electrons. The second kappa shape index (κ2) is 8.06. The number of methoxy groups -OCH3 is 1. The molecule has 0 saturated carbocycles. The monoisotopic (exact) mass is 417 g/mol. The molecule has 0 atom stereocenters. The standard InChI is InChI=1S/C21H15N5O3S/c1-29-15-7-3-5-13(9-15)19(27)24-18-16-10-17(30-21(16)26-25-18)20(28)23-14-6-2-4-12(8-14)11-22/h2-10H,1H3,(H,23,28)(H2,24,25,26,27). The number of aromatic nitrogens is 2. The summed E-state index contributed by atoms with van der Waals surface area (Å²) < 4.78 is 5.14. The van der Waals surface area contributed by atoms with Gasteiger partial charge in [-0.3, -0.25) is 14.7 Å². The van der Waals surface area contributed by atoms with Crippen molar-refractivity contribution >= 4 is 44.9 Å². The first-order valence-corrected chi connectivity index (χ1v) is 9.64. The summed E-state index contributed by atoms with van der Waals surface area (Å²) in [7, 11) is 1.53. The van der Waals surface area contributed by atoms with Crippen LogP contribution < -0.4 is 15.4 Å². The average Bonchev–Trinajstić information content (AvgIpc) is 3.36. The van der Waals surface area contributed by atoms with Gasteiger partial charge >= 0.3 is 0 Å². The number of nitrogens with one attached hydrogen (secondary N) is 3. The van der Waals surface area contributed by atoms with Crippen LogP contribution in [0.15, 0.2) is 54.6 Å². The van der Waals surface area contributed by atoms with Crippen LogP contribution in [0.3, 0.4) is 0 Å². The number of fused-ring (bicyclic) bond motifs is 1. The van der Waals surface area contributed by atoms with Crippen LogP contribution in [0.2, 0.25) is 0 Å². The van der Waals surface area contributed by atoms with E-state index in [1.807, 2.05) is 6.07 Å². The molecule has 0 saturated heterocycles. The maximum atomic E-state index is 12.6. The highest BCUT2D eigenvalue weighted by Crippen LogP contribution is 2.30. The molecule has 9 heteroatoms. The Hall–Kier alpha value is -4.16. The van der Waals surface area contributed by atoms with Crippen LogP contribution in [-0.4, -0.2) is 29.1 Å². The van der Waals surface area contributed by atoms with Crippen molar-refractivity contribution < 1.29 is 14.3 Å². The Morgan fingerprint density at radius 1 is 1.10 bits per heavy atom. The Morgan fingerprint density at radius 2 is 1.93 bits per heavy atom. The Balaban J connectivity index is 1.53. The zero-order valence-electron chi connectivity index (χ0n) is 15.7. The molecule has 8 nitrogen and oxygen atoms in total. The predicted molar refractivity (Wildman–Crippen MR) is 114 cm³/mol. The quantitative estimate of drug-likeness (QED) is 0.453. The maximum Gasteiger partial charge on any atom is 0.265 e. The van der Waals surface area contributed by atoms with Crippen LogP contribution in [0.4, 0.5) is 11.5 Å². The van der Waals surface area contributed by atoms with E-state index in [4.69, 9.17) is 10.00 Å². The fourth-order valence-electron chi connectivity index (χ4n) is 2.83. The number of H-pyrrole nitrogens is 1. The van der Waals surface area contributed by atoms with Crippen molar-refractivity contribution in [2.75, 3.05) is 17.7 Å². The summed E-state index contributed by atoms with van der Waals surface area (Å²) in [6.45, 7) is 0. The molecule has 0 radical (unpaired) electrons. The normalized spacial score (nSPS) is 10.4. The van der Waals surface area contributed by atoms with E-state index in [1.54, 1.807) is 54.6 Å². The summed E-state index contributed by atoms with van der Waals surface area (Å²) in [6.07, 6.45) is 0. The Kier molecular flexibility index (Phi) is 5.15. The molecule has 2 heterocycles. The van der Waals surface area contributed by atoms with Gasteiger partial charge in [0.2, 0.25) is 0 Å². The first-order valence-electron chi connectivity index (χ1n) is 8.82. The summed E-state index contributed by atoms with van der Waals surface area (Å²) in [5.41, 5.74) is 1.41. The smallest absolute Gasteiger partial charge is 0.265 e. The summed E-state index contributed by atoms with van der Waals surface area (Å²) in [6, 6.07) is 17.1. The van der Waals surface area contributed by atoms with Gasteiger partial charge in [-0.1, -0.05) is 12.1 Å². The van der Waals surface area contributed by atoms with E-state index in [-0.39, 0.29) is 11.8 Å². The van der Waals surface area contributed by atoms with Crippen LogP contribution in [0.5, 0.6) is 5.75 Å². The molecular weight excluding hydrogens is 402 g/mol. The molecule has 2 amide bonds. The first kappa shape index (κ1) is 19.2. The third-order valence-electron chi connectivity index (χ3n) is 4.29. The average molecular weight is 417 g/mol. The largest absolute Gasteiger partial charge is 0.497 e. The molecule has 0 unspecified atom stereocenters. The van der Waals surface area contributed by atoms with Crippen LogP contribution in [0.1, 0.15) is 25.6 Å². The number of carbonyl (C=O) groups excluding carboxylic acids is 2. The number of rotatable bonds is 5. The number of ether oxygens (including phenoxy) is 1. The number of anilines is 2. The zero-order valence-corrected chi connectivity index (χ0v) is 16.5. The van der Waals surface area contributed by atoms with Crippen LogP contribution in [0.25, 0.3) is 10.2 Å². The molecule has 30 heavy (non-hydrogen) atoms. The van der Waals surface area contributed by atoms with E-state index in [1.165, 1.54) is 18.4 Å². The molecule has 0 aliphatic heterocycles. The van der Waals surface area contributed by atoms with Gasteiger partial charge in [-0.25, -0.2) is 0 Å². The molecule has 4 aromatic rings. The molecule has 0 aliphatic rings. The number of nitrogens with zero attached hydrogens (tertiary/aromatic N) is 2. The minimum atomic E-state index is -0.340. The van der Waals surface area contributed by atoms with E-state index in [0.29, 0.717) is 43.5 Å². The van der Waals surface area contributed by atoms with Gasteiger partial charge < -0.3 is 15.4 Å². The number of benzene rings is 2. The first-order chi connectivity index (χ1) is 14.6. The Labute approximate surface area is 175 Å². The fourth-order valence-corrected chi connectivity index (χ4v) is 3.72. The van der Waals surface area contributed by atoms with E-state index >= 15 is 0 Å². The topological polar surface area (TPSA) is 120 Å². The van der Waals surface area contributed by atoms with Gasteiger partial charge in [0.25, 0.3) is 11.8 Å². The molecule has 0 spiro atoms. The summed E-state index contributed by atoms with van der Waals surface area (Å²) in [5.74, 6) is 0.252. The highest BCUT2D eigenvalue weighted by atomic mass is 32.1. The van der Waals surface area contributed by atoms with Crippen molar-refractivity contribution in [1.29, 1.82) is 5.26 Å². The maximum absolute atomic E-state index is 12.6. The number of nitriles is 1. The number of hydrogen-bond acceptors (Lipinski definition) is 6. The second-order valence-corrected chi connectivity index (χ2v) is 7.31. The lowest BCUT2D eigenvalue weighted by Crippen LogP contribution is -2.12. The van der Waals surface area contributed by atoms with Crippen molar-refractivity contribution in [2.24, 2.45) is 0 Å².